The Morgan fingerprint density at radius 2 is 1.90 bits per heavy atom. The number of rotatable bonds is 6. The summed E-state index contributed by atoms with van der Waals surface area (Å²) in [6.45, 7) is 5.22. The van der Waals surface area contributed by atoms with Crippen molar-refractivity contribution in [2.75, 3.05) is 12.3 Å². The number of aryl methyl sites for hydroxylation is 1. The molecule has 0 radical (unpaired) electrons. The second-order valence-electron chi connectivity index (χ2n) is 5.05. The van der Waals surface area contributed by atoms with Crippen LogP contribution in [0.25, 0.3) is 0 Å². The van der Waals surface area contributed by atoms with Crippen LogP contribution < -0.4 is 16.2 Å². The van der Waals surface area contributed by atoms with Crippen molar-refractivity contribution >= 4 is 5.69 Å². The van der Waals surface area contributed by atoms with Crippen molar-refractivity contribution in [2.24, 2.45) is 0 Å². The van der Waals surface area contributed by atoms with E-state index in [4.69, 9.17) is 10.5 Å². The molecule has 0 unspecified atom stereocenters. The summed E-state index contributed by atoms with van der Waals surface area (Å²) in [5.74, 6) is 0.797. The number of hydrogen-bond donors (Lipinski definition) is 1. The molecule has 2 rings (SSSR count). The normalized spacial score (nSPS) is 10.9. The maximum absolute atomic E-state index is 12.0. The molecule has 1 heterocycles. The van der Waals surface area contributed by atoms with Crippen molar-refractivity contribution < 1.29 is 4.74 Å². The molecule has 5 heteroatoms. The van der Waals surface area contributed by atoms with Crippen LogP contribution in [0.5, 0.6) is 5.75 Å². The zero-order chi connectivity index (χ0) is 14.5. The summed E-state index contributed by atoms with van der Waals surface area (Å²) in [5.41, 5.74) is 6.36. The maximum Gasteiger partial charge on any atom is 0.328 e. The van der Waals surface area contributed by atoms with Crippen molar-refractivity contribution in [3.05, 3.63) is 47.1 Å². The molecule has 0 atom stereocenters. The van der Waals surface area contributed by atoms with Gasteiger partial charge in [-0.1, -0.05) is 0 Å². The minimum Gasteiger partial charge on any atom is -0.494 e. The van der Waals surface area contributed by atoms with E-state index in [9.17, 15) is 4.79 Å². The summed E-state index contributed by atoms with van der Waals surface area (Å²) in [4.78, 5) is 12.0. The third-order valence-electron chi connectivity index (χ3n) is 3.12. The average Bonchev–Trinajstić information content (AvgIpc) is 2.78. The smallest absolute Gasteiger partial charge is 0.328 e. The second kappa shape index (κ2) is 6.32. The highest BCUT2D eigenvalue weighted by Gasteiger charge is 2.05. The number of hydrogen-bond acceptors (Lipinski definition) is 3. The van der Waals surface area contributed by atoms with E-state index in [1.165, 1.54) is 0 Å². The first-order valence-electron chi connectivity index (χ1n) is 6.83. The molecule has 0 amide bonds. The molecular weight excluding hydrogens is 254 g/mol. The van der Waals surface area contributed by atoms with Crippen molar-refractivity contribution in [3.8, 4) is 5.75 Å². The van der Waals surface area contributed by atoms with E-state index in [1.54, 1.807) is 9.13 Å². The highest BCUT2D eigenvalue weighted by atomic mass is 16.5. The molecule has 20 heavy (non-hydrogen) atoms. The summed E-state index contributed by atoms with van der Waals surface area (Å²) >= 11 is 0. The summed E-state index contributed by atoms with van der Waals surface area (Å²) in [7, 11) is 0. The first-order valence-corrected chi connectivity index (χ1v) is 6.83. The van der Waals surface area contributed by atoms with Gasteiger partial charge in [0.15, 0.2) is 0 Å². The Labute approximate surface area is 118 Å². The molecule has 108 valence electrons. The molecule has 1 aromatic heterocycles. The van der Waals surface area contributed by atoms with Crippen LogP contribution in [0.2, 0.25) is 0 Å². The van der Waals surface area contributed by atoms with Gasteiger partial charge in [0, 0.05) is 30.7 Å². The lowest BCUT2D eigenvalue weighted by molar-refractivity contribution is 0.300. The predicted octanol–water partition coefficient (Wildman–Crippen LogP) is 2.28. The summed E-state index contributed by atoms with van der Waals surface area (Å²) in [5, 5.41) is 0. The van der Waals surface area contributed by atoms with Crippen LogP contribution in [0.1, 0.15) is 26.3 Å². The van der Waals surface area contributed by atoms with Crippen molar-refractivity contribution in [1.29, 1.82) is 0 Å². The molecule has 0 aliphatic carbocycles. The van der Waals surface area contributed by atoms with Gasteiger partial charge in [0.25, 0.3) is 0 Å². The zero-order valence-electron chi connectivity index (χ0n) is 12.0. The van der Waals surface area contributed by atoms with E-state index in [-0.39, 0.29) is 11.7 Å². The van der Waals surface area contributed by atoms with E-state index in [0.29, 0.717) is 13.2 Å². The molecule has 0 bridgehead atoms. The molecule has 2 aromatic rings. The number of benzene rings is 1. The Morgan fingerprint density at radius 3 is 2.50 bits per heavy atom. The largest absolute Gasteiger partial charge is 0.494 e. The zero-order valence-corrected chi connectivity index (χ0v) is 12.0. The van der Waals surface area contributed by atoms with Gasteiger partial charge in [-0.2, -0.15) is 0 Å². The Kier molecular flexibility index (Phi) is 4.50. The quantitative estimate of drug-likeness (QED) is 0.650. The minimum atomic E-state index is 0.0347. The number of nitrogens with zero attached hydrogens (tertiary/aromatic N) is 2. The topological polar surface area (TPSA) is 62.2 Å². The van der Waals surface area contributed by atoms with Crippen LogP contribution >= 0.6 is 0 Å². The van der Waals surface area contributed by atoms with Gasteiger partial charge in [-0.25, -0.2) is 4.79 Å². The Bertz CT molecular complexity index is 596. The molecule has 0 aliphatic rings. The number of aromatic nitrogens is 2. The fraction of sp³-hybridized carbons (Fsp3) is 0.400. The number of imidazole rings is 1. The highest BCUT2D eigenvalue weighted by Crippen LogP contribution is 2.13. The molecule has 0 saturated carbocycles. The second-order valence-corrected chi connectivity index (χ2v) is 5.05. The fourth-order valence-electron chi connectivity index (χ4n) is 1.98. The molecule has 0 saturated heterocycles. The predicted molar refractivity (Wildman–Crippen MR) is 80.0 cm³/mol. The van der Waals surface area contributed by atoms with E-state index < -0.39 is 0 Å². The van der Waals surface area contributed by atoms with Crippen LogP contribution in [0, 0.1) is 0 Å². The summed E-state index contributed by atoms with van der Waals surface area (Å²) in [6.07, 6.45) is 4.44. The third kappa shape index (κ3) is 3.44. The van der Waals surface area contributed by atoms with Gasteiger partial charge in [-0.05, 0) is 44.5 Å². The molecule has 0 spiro atoms. The third-order valence-corrected chi connectivity index (χ3v) is 3.12. The fourth-order valence-corrected chi connectivity index (χ4v) is 1.98. The van der Waals surface area contributed by atoms with Gasteiger partial charge >= 0.3 is 5.69 Å². The molecular formula is C15H21N3O2. The minimum absolute atomic E-state index is 0.0347. The van der Waals surface area contributed by atoms with E-state index in [2.05, 4.69) is 0 Å². The molecule has 0 aliphatic heterocycles. The molecule has 5 nitrogen and oxygen atoms in total. The van der Waals surface area contributed by atoms with Crippen LogP contribution in [-0.2, 0) is 6.54 Å². The Hall–Kier alpha value is -2.17. The monoisotopic (exact) mass is 275 g/mol. The van der Waals surface area contributed by atoms with Crippen molar-refractivity contribution in [2.45, 2.75) is 32.9 Å². The lowest BCUT2D eigenvalue weighted by atomic mass is 10.3. The number of nitrogen functional groups attached to an aromatic ring is 1. The van der Waals surface area contributed by atoms with Gasteiger partial charge < -0.3 is 10.5 Å². The lowest BCUT2D eigenvalue weighted by Gasteiger charge is -2.07. The SMILES string of the molecule is CC(C)n1ccn(CCCOc2ccc(N)cc2)c1=O. The number of nitrogens with two attached hydrogens (primary N) is 1. The first kappa shape index (κ1) is 14.2. The number of ether oxygens (including phenoxy) is 1. The van der Waals surface area contributed by atoms with Crippen molar-refractivity contribution in [1.82, 2.24) is 9.13 Å². The van der Waals surface area contributed by atoms with Gasteiger partial charge in [-0.15, -0.1) is 0 Å². The maximum atomic E-state index is 12.0. The van der Waals surface area contributed by atoms with Crippen LogP contribution in [0.15, 0.2) is 41.5 Å². The molecule has 0 fully saturated rings. The first-order chi connectivity index (χ1) is 9.58. The Morgan fingerprint density at radius 1 is 1.20 bits per heavy atom. The van der Waals surface area contributed by atoms with Gasteiger partial charge in [0.1, 0.15) is 5.75 Å². The Balaban J connectivity index is 1.81. The van der Waals surface area contributed by atoms with Crippen LogP contribution in [0.3, 0.4) is 0 Å². The summed E-state index contributed by atoms with van der Waals surface area (Å²) < 4.78 is 9.04. The molecule has 1 aromatic carbocycles. The van der Waals surface area contributed by atoms with Crippen molar-refractivity contribution in [3.63, 3.8) is 0 Å². The van der Waals surface area contributed by atoms with E-state index >= 15 is 0 Å². The van der Waals surface area contributed by atoms with Gasteiger partial charge in [-0.3, -0.25) is 9.13 Å². The van der Waals surface area contributed by atoms with Gasteiger partial charge in [0.2, 0.25) is 0 Å². The van der Waals surface area contributed by atoms with E-state index in [0.717, 1.165) is 17.9 Å². The van der Waals surface area contributed by atoms with Gasteiger partial charge in [0.05, 0.1) is 6.61 Å². The standard InChI is InChI=1S/C15H21N3O2/c1-12(2)18-10-9-17(15(18)19)8-3-11-20-14-6-4-13(16)5-7-14/h4-7,9-10,12H,3,8,11,16H2,1-2H3. The van der Waals surface area contributed by atoms with Crippen LogP contribution in [-0.4, -0.2) is 15.7 Å². The highest BCUT2D eigenvalue weighted by molar-refractivity contribution is 5.41. The lowest BCUT2D eigenvalue weighted by Crippen LogP contribution is -2.25. The van der Waals surface area contributed by atoms with Crippen LogP contribution in [0.4, 0.5) is 5.69 Å². The van der Waals surface area contributed by atoms with E-state index in [1.807, 2.05) is 50.5 Å². The number of anilines is 1. The summed E-state index contributed by atoms with van der Waals surface area (Å²) in [6, 6.07) is 7.49. The average molecular weight is 275 g/mol. The molecule has 2 N–H and O–H groups in total.